The second-order valence-corrected chi connectivity index (χ2v) is 8.05. The van der Waals surface area contributed by atoms with E-state index in [1.165, 1.54) is 5.56 Å². The first-order valence-corrected chi connectivity index (χ1v) is 8.37. The van der Waals surface area contributed by atoms with Crippen LogP contribution in [0.1, 0.15) is 45.6 Å². The molecule has 0 saturated carbocycles. The molecular weight excluding hydrogens is 296 g/mol. The molecule has 122 valence electrons. The number of nitrogens with two attached hydrogens (primary N) is 1. The lowest BCUT2D eigenvalue weighted by Crippen LogP contribution is -2.49. The van der Waals surface area contributed by atoms with Crippen LogP contribution in [-0.2, 0) is 10.2 Å². The maximum absolute atomic E-state index is 12.4. The Kier molecular flexibility index (Phi) is 5.18. The van der Waals surface area contributed by atoms with Gasteiger partial charge in [-0.05, 0) is 36.0 Å². The highest BCUT2D eigenvalue weighted by Crippen LogP contribution is 2.35. The second-order valence-electron chi connectivity index (χ2n) is 7.61. The summed E-state index contributed by atoms with van der Waals surface area (Å²) < 4.78 is 0. The van der Waals surface area contributed by atoms with Crippen LogP contribution in [0.4, 0.5) is 0 Å². The van der Waals surface area contributed by atoms with E-state index >= 15 is 0 Å². The van der Waals surface area contributed by atoms with Crippen molar-refractivity contribution in [2.45, 2.75) is 45.4 Å². The van der Waals surface area contributed by atoms with Crippen LogP contribution in [0, 0.1) is 5.41 Å². The molecule has 1 amide bonds. The third-order valence-corrected chi connectivity index (χ3v) is 4.85. The minimum absolute atomic E-state index is 0.0247. The predicted octanol–water partition coefficient (Wildman–Crippen LogP) is 3.60. The zero-order valence-corrected chi connectivity index (χ0v) is 14.6. The average Bonchev–Trinajstić information content (AvgIpc) is 2.46. The van der Waals surface area contributed by atoms with Gasteiger partial charge in [0.15, 0.2) is 0 Å². The molecule has 1 aliphatic rings. The van der Waals surface area contributed by atoms with Crippen molar-refractivity contribution in [2.24, 2.45) is 11.1 Å². The second kappa shape index (κ2) is 6.59. The summed E-state index contributed by atoms with van der Waals surface area (Å²) in [5, 5.41) is 0.744. The van der Waals surface area contributed by atoms with Crippen LogP contribution in [-0.4, -0.2) is 30.4 Å². The molecule has 0 unspecified atom stereocenters. The van der Waals surface area contributed by atoms with Crippen LogP contribution in [0.3, 0.4) is 0 Å². The Morgan fingerprint density at radius 3 is 2.23 bits per heavy atom. The maximum Gasteiger partial charge on any atom is 0.223 e. The van der Waals surface area contributed by atoms with Gasteiger partial charge in [0.05, 0.1) is 0 Å². The van der Waals surface area contributed by atoms with E-state index in [1.807, 2.05) is 17.0 Å². The molecule has 1 aliphatic heterocycles. The molecule has 1 saturated heterocycles. The zero-order valence-electron chi connectivity index (χ0n) is 13.9. The number of rotatable bonds is 3. The normalized spacial score (nSPS) is 18.3. The lowest BCUT2D eigenvalue weighted by atomic mass is 9.72. The van der Waals surface area contributed by atoms with Crippen LogP contribution in [0.15, 0.2) is 24.3 Å². The van der Waals surface area contributed by atoms with Crippen LogP contribution < -0.4 is 5.73 Å². The van der Waals surface area contributed by atoms with Crippen LogP contribution in [0.2, 0.25) is 5.02 Å². The number of hydrogen-bond acceptors (Lipinski definition) is 2. The number of carbonyl (C=O) groups excluding carboxylic acids is 1. The molecule has 0 aliphatic carbocycles. The quantitative estimate of drug-likeness (QED) is 0.924. The number of benzene rings is 1. The molecule has 4 heteroatoms. The molecule has 1 aromatic rings. The van der Waals surface area contributed by atoms with Crippen molar-refractivity contribution in [3.63, 3.8) is 0 Å². The van der Waals surface area contributed by atoms with Crippen molar-refractivity contribution in [3.8, 4) is 0 Å². The summed E-state index contributed by atoms with van der Waals surface area (Å²) in [6.45, 7) is 8.49. The molecule has 1 heterocycles. The van der Waals surface area contributed by atoms with Gasteiger partial charge in [-0.1, -0.05) is 44.5 Å². The fourth-order valence-corrected chi connectivity index (χ4v) is 3.29. The molecule has 0 spiro atoms. The number of amides is 1. The highest BCUT2D eigenvalue weighted by molar-refractivity contribution is 6.30. The summed E-state index contributed by atoms with van der Waals surface area (Å²) in [7, 11) is 0. The molecule has 1 fully saturated rings. The van der Waals surface area contributed by atoms with Crippen molar-refractivity contribution < 1.29 is 4.79 Å². The monoisotopic (exact) mass is 322 g/mol. The molecule has 0 radical (unpaired) electrons. The highest BCUT2D eigenvalue weighted by Gasteiger charge is 2.36. The van der Waals surface area contributed by atoms with Gasteiger partial charge in [0, 0.05) is 36.5 Å². The first-order chi connectivity index (χ1) is 10.3. The Bertz CT molecular complexity index is 511. The summed E-state index contributed by atoms with van der Waals surface area (Å²) in [6.07, 6.45) is 2.44. The van der Waals surface area contributed by atoms with Crippen molar-refractivity contribution in [1.82, 2.24) is 4.90 Å². The highest BCUT2D eigenvalue weighted by atomic mass is 35.5. The summed E-state index contributed by atoms with van der Waals surface area (Å²) in [6, 6.07) is 7.99. The SMILES string of the molecule is CC(C)(C)CC(=O)N1CCC(CN)(c2ccc(Cl)cc2)CC1. The van der Waals surface area contributed by atoms with E-state index in [4.69, 9.17) is 17.3 Å². The van der Waals surface area contributed by atoms with E-state index in [-0.39, 0.29) is 16.7 Å². The Balaban J connectivity index is 2.05. The summed E-state index contributed by atoms with van der Waals surface area (Å²) >= 11 is 5.98. The summed E-state index contributed by atoms with van der Waals surface area (Å²) in [4.78, 5) is 14.4. The van der Waals surface area contributed by atoms with Crippen molar-refractivity contribution in [2.75, 3.05) is 19.6 Å². The number of nitrogens with zero attached hydrogens (tertiary/aromatic N) is 1. The topological polar surface area (TPSA) is 46.3 Å². The minimum atomic E-state index is -0.0247. The van der Waals surface area contributed by atoms with Crippen LogP contribution in [0.25, 0.3) is 0 Å². The van der Waals surface area contributed by atoms with Gasteiger partial charge in [0.2, 0.25) is 5.91 Å². The van der Waals surface area contributed by atoms with E-state index in [0.717, 1.165) is 31.0 Å². The third-order valence-electron chi connectivity index (χ3n) is 4.60. The smallest absolute Gasteiger partial charge is 0.223 e. The average molecular weight is 323 g/mol. The molecule has 22 heavy (non-hydrogen) atoms. The number of hydrogen-bond donors (Lipinski definition) is 1. The van der Waals surface area contributed by atoms with Crippen LogP contribution in [0.5, 0.6) is 0 Å². The zero-order chi connectivity index (χ0) is 16.4. The van der Waals surface area contributed by atoms with Gasteiger partial charge in [0.1, 0.15) is 0 Å². The van der Waals surface area contributed by atoms with E-state index in [1.54, 1.807) is 0 Å². The molecule has 0 atom stereocenters. The predicted molar refractivity (Wildman–Crippen MR) is 92.1 cm³/mol. The molecule has 3 nitrogen and oxygen atoms in total. The van der Waals surface area contributed by atoms with Gasteiger partial charge < -0.3 is 10.6 Å². The standard InChI is InChI=1S/C18H27ClN2O/c1-17(2,3)12-16(22)21-10-8-18(13-20,9-11-21)14-4-6-15(19)7-5-14/h4-7H,8-13,20H2,1-3H3. The van der Waals surface area contributed by atoms with E-state index in [0.29, 0.717) is 13.0 Å². The van der Waals surface area contributed by atoms with Gasteiger partial charge in [-0.3, -0.25) is 4.79 Å². The van der Waals surface area contributed by atoms with E-state index in [9.17, 15) is 4.79 Å². The van der Waals surface area contributed by atoms with Crippen LogP contribution >= 0.6 is 11.6 Å². The fourth-order valence-electron chi connectivity index (χ4n) is 3.16. The summed E-state index contributed by atoms with van der Waals surface area (Å²) in [5.41, 5.74) is 7.35. The van der Waals surface area contributed by atoms with Gasteiger partial charge in [0.25, 0.3) is 0 Å². The first-order valence-electron chi connectivity index (χ1n) is 8.00. The Morgan fingerprint density at radius 1 is 1.23 bits per heavy atom. The van der Waals surface area contributed by atoms with E-state index < -0.39 is 0 Å². The Hall–Kier alpha value is -1.06. The van der Waals surface area contributed by atoms with Gasteiger partial charge in [-0.25, -0.2) is 0 Å². The van der Waals surface area contributed by atoms with Crippen molar-refractivity contribution in [3.05, 3.63) is 34.9 Å². The number of piperidine rings is 1. The Labute approximate surface area is 138 Å². The first kappa shape index (κ1) is 17.3. The van der Waals surface area contributed by atoms with E-state index in [2.05, 4.69) is 32.9 Å². The fraction of sp³-hybridized carbons (Fsp3) is 0.611. The van der Waals surface area contributed by atoms with Gasteiger partial charge >= 0.3 is 0 Å². The minimum Gasteiger partial charge on any atom is -0.343 e. The Morgan fingerprint density at radius 2 is 1.77 bits per heavy atom. The van der Waals surface area contributed by atoms with Gasteiger partial charge in [-0.15, -0.1) is 0 Å². The molecule has 0 bridgehead atoms. The molecule has 0 aromatic heterocycles. The largest absolute Gasteiger partial charge is 0.343 e. The molecule has 1 aromatic carbocycles. The lowest BCUT2D eigenvalue weighted by Gasteiger charge is -2.42. The van der Waals surface area contributed by atoms with Crippen molar-refractivity contribution in [1.29, 1.82) is 0 Å². The molecular formula is C18H27ClN2O. The molecule has 2 N–H and O–H groups in total. The number of likely N-dealkylation sites (tertiary alicyclic amines) is 1. The maximum atomic E-state index is 12.4. The number of halogens is 1. The summed E-state index contributed by atoms with van der Waals surface area (Å²) in [5.74, 6) is 0.259. The van der Waals surface area contributed by atoms with Crippen molar-refractivity contribution >= 4 is 17.5 Å². The van der Waals surface area contributed by atoms with Gasteiger partial charge in [-0.2, -0.15) is 0 Å². The molecule has 2 rings (SSSR count). The third kappa shape index (κ3) is 4.02. The lowest BCUT2D eigenvalue weighted by molar-refractivity contribution is -0.134. The number of carbonyl (C=O) groups is 1.